The van der Waals surface area contributed by atoms with Gasteiger partial charge in [-0.1, -0.05) is 23.2 Å². The minimum absolute atomic E-state index is 0.0623. The fraction of sp³-hybridized carbons (Fsp3) is 0.545. The monoisotopic (exact) mass is 305 g/mol. The van der Waals surface area contributed by atoms with E-state index in [1.807, 2.05) is 0 Å². The Kier molecular flexibility index (Phi) is 4.79. The third kappa shape index (κ3) is 3.68. The Labute approximate surface area is 119 Å². The summed E-state index contributed by atoms with van der Waals surface area (Å²) >= 11 is 11.3. The van der Waals surface area contributed by atoms with Crippen molar-refractivity contribution in [1.29, 1.82) is 0 Å². The van der Waals surface area contributed by atoms with Gasteiger partial charge in [-0.2, -0.15) is 0 Å². The Bertz CT molecular complexity index is 526. The van der Waals surface area contributed by atoms with Crippen molar-refractivity contribution in [2.45, 2.75) is 25.4 Å². The normalized spacial score (nSPS) is 16.3. The van der Waals surface area contributed by atoms with E-state index in [4.69, 9.17) is 27.9 Å². The number of carbonyl (C=O) groups is 1. The molecule has 1 saturated heterocycles. The maximum Gasteiger partial charge on any atom is 0.274 e. The first-order chi connectivity index (χ1) is 9.08. The predicted molar refractivity (Wildman–Crippen MR) is 70.5 cm³/mol. The molecule has 0 saturated carbocycles. The molecule has 1 aromatic heterocycles. The lowest BCUT2D eigenvalue weighted by Gasteiger charge is -2.23. The molecule has 0 unspecified atom stereocenters. The number of hydrogen-bond donors (Lipinski definition) is 1. The van der Waals surface area contributed by atoms with Crippen molar-refractivity contribution in [1.82, 2.24) is 14.9 Å². The fourth-order valence-electron chi connectivity index (χ4n) is 1.83. The number of hydrogen-bond acceptors (Lipinski definition) is 4. The van der Waals surface area contributed by atoms with Gasteiger partial charge in [0, 0.05) is 19.3 Å². The van der Waals surface area contributed by atoms with E-state index in [-0.39, 0.29) is 28.7 Å². The Hall–Kier alpha value is -1.11. The Morgan fingerprint density at radius 2 is 2.16 bits per heavy atom. The van der Waals surface area contributed by atoms with Crippen LogP contribution in [0.3, 0.4) is 0 Å². The van der Waals surface area contributed by atoms with Crippen molar-refractivity contribution >= 4 is 29.1 Å². The summed E-state index contributed by atoms with van der Waals surface area (Å²) in [5.41, 5.74) is -0.524. The maximum atomic E-state index is 11.8. The van der Waals surface area contributed by atoms with Crippen molar-refractivity contribution in [2.24, 2.45) is 0 Å². The molecule has 2 rings (SSSR count). The summed E-state index contributed by atoms with van der Waals surface area (Å²) in [4.78, 5) is 27.3. The first-order valence-electron chi connectivity index (χ1n) is 5.85. The summed E-state index contributed by atoms with van der Waals surface area (Å²) in [6.45, 7) is 1.15. The molecule has 19 heavy (non-hydrogen) atoms. The van der Waals surface area contributed by atoms with Gasteiger partial charge in [0.05, 0.1) is 6.33 Å². The van der Waals surface area contributed by atoms with Crippen LogP contribution < -0.4 is 10.9 Å². The number of ether oxygens (including phenoxy) is 1. The van der Waals surface area contributed by atoms with Crippen molar-refractivity contribution < 1.29 is 9.53 Å². The average Bonchev–Trinajstić information content (AvgIpc) is 2.41. The largest absolute Gasteiger partial charge is 0.381 e. The minimum Gasteiger partial charge on any atom is -0.381 e. The van der Waals surface area contributed by atoms with Crippen LogP contribution in [0.4, 0.5) is 0 Å². The molecule has 6 nitrogen and oxygen atoms in total. The Balaban J connectivity index is 1.99. The molecule has 0 atom stereocenters. The fourth-order valence-corrected chi connectivity index (χ4v) is 2.11. The molecule has 1 N–H and O–H groups in total. The molecule has 1 aromatic rings. The van der Waals surface area contributed by atoms with Crippen molar-refractivity contribution in [3.05, 3.63) is 26.9 Å². The van der Waals surface area contributed by atoms with Gasteiger partial charge >= 0.3 is 0 Å². The molecule has 0 aliphatic carbocycles. The number of aromatic nitrogens is 2. The van der Waals surface area contributed by atoms with Gasteiger partial charge in [0.25, 0.3) is 5.56 Å². The van der Waals surface area contributed by atoms with Crippen LogP contribution in [0.2, 0.25) is 10.2 Å². The van der Waals surface area contributed by atoms with Crippen LogP contribution in [0.5, 0.6) is 0 Å². The van der Waals surface area contributed by atoms with Gasteiger partial charge in [-0.15, -0.1) is 0 Å². The molecule has 1 fully saturated rings. The zero-order valence-corrected chi connectivity index (χ0v) is 11.6. The first-order valence-corrected chi connectivity index (χ1v) is 6.61. The lowest BCUT2D eigenvalue weighted by molar-refractivity contribution is -0.123. The van der Waals surface area contributed by atoms with E-state index >= 15 is 0 Å². The summed E-state index contributed by atoms with van der Waals surface area (Å²) in [6.07, 6.45) is 2.76. The minimum atomic E-state index is -0.524. The molecule has 0 radical (unpaired) electrons. The smallest absolute Gasteiger partial charge is 0.274 e. The van der Waals surface area contributed by atoms with E-state index in [1.54, 1.807) is 0 Å². The van der Waals surface area contributed by atoms with E-state index in [1.165, 1.54) is 6.33 Å². The Morgan fingerprint density at radius 1 is 1.47 bits per heavy atom. The third-order valence-corrected chi connectivity index (χ3v) is 3.56. The van der Waals surface area contributed by atoms with Crippen molar-refractivity contribution in [3.8, 4) is 0 Å². The van der Waals surface area contributed by atoms with E-state index in [0.29, 0.717) is 13.2 Å². The van der Waals surface area contributed by atoms with Gasteiger partial charge < -0.3 is 10.1 Å². The van der Waals surface area contributed by atoms with Crippen LogP contribution in [0.15, 0.2) is 11.1 Å². The van der Waals surface area contributed by atoms with Gasteiger partial charge in [-0.3, -0.25) is 14.2 Å². The molecule has 1 amide bonds. The standard InChI is InChI=1S/C11H13Cl2N3O3/c12-9-10(13)14-6-16(11(9)18)5-8(17)15-7-1-3-19-4-2-7/h6-7H,1-5H2,(H,15,17). The summed E-state index contributed by atoms with van der Waals surface area (Å²) in [5, 5.41) is 2.61. The molecule has 8 heteroatoms. The highest BCUT2D eigenvalue weighted by molar-refractivity contribution is 6.40. The van der Waals surface area contributed by atoms with Gasteiger partial charge in [-0.25, -0.2) is 4.98 Å². The summed E-state index contributed by atoms with van der Waals surface area (Å²) in [6, 6.07) is 0.0904. The molecule has 1 aliphatic rings. The second-order valence-electron chi connectivity index (χ2n) is 4.24. The number of nitrogens with zero attached hydrogens (tertiary/aromatic N) is 2. The number of nitrogens with one attached hydrogen (secondary N) is 1. The topological polar surface area (TPSA) is 73.2 Å². The molecule has 104 valence electrons. The van der Waals surface area contributed by atoms with Crippen LogP contribution >= 0.6 is 23.2 Å². The molecule has 0 spiro atoms. The Morgan fingerprint density at radius 3 is 2.84 bits per heavy atom. The lowest BCUT2D eigenvalue weighted by atomic mass is 10.1. The van der Waals surface area contributed by atoms with Crippen LogP contribution in [-0.4, -0.2) is 34.7 Å². The number of halogens is 2. The van der Waals surface area contributed by atoms with Crippen LogP contribution in [-0.2, 0) is 16.1 Å². The number of amides is 1. The van der Waals surface area contributed by atoms with E-state index < -0.39 is 5.56 Å². The maximum absolute atomic E-state index is 11.8. The van der Waals surface area contributed by atoms with Gasteiger partial charge in [0.1, 0.15) is 11.6 Å². The van der Waals surface area contributed by atoms with Crippen molar-refractivity contribution in [2.75, 3.05) is 13.2 Å². The molecule has 2 heterocycles. The van der Waals surface area contributed by atoms with Crippen molar-refractivity contribution in [3.63, 3.8) is 0 Å². The number of rotatable bonds is 3. The molecule has 0 aromatic carbocycles. The first kappa shape index (κ1) is 14.3. The van der Waals surface area contributed by atoms with Crippen LogP contribution in [0, 0.1) is 0 Å². The second-order valence-corrected chi connectivity index (χ2v) is 4.97. The molecule has 0 bridgehead atoms. The summed E-state index contributed by atoms with van der Waals surface area (Å²) in [7, 11) is 0. The highest BCUT2D eigenvalue weighted by Gasteiger charge is 2.17. The molecular formula is C11H13Cl2N3O3. The summed E-state index contributed by atoms with van der Waals surface area (Å²) in [5.74, 6) is -0.255. The van der Waals surface area contributed by atoms with Gasteiger partial charge in [0.15, 0.2) is 5.15 Å². The van der Waals surface area contributed by atoms with Gasteiger partial charge in [0.2, 0.25) is 5.91 Å². The quantitative estimate of drug-likeness (QED) is 0.840. The van der Waals surface area contributed by atoms with E-state index in [2.05, 4.69) is 10.3 Å². The molecule has 1 aliphatic heterocycles. The lowest BCUT2D eigenvalue weighted by Crippen LogP contribution is -2.41. The average molecular weight is 306 g/mol. The third-order valence-electron chi connectivity index (χ3n) is 2.84. The second kappa shape index (κ2) is 6.36. The van der Waals surface area contributed by atoms with Gasteiger partial charge in [-0.05, 0) is 12.8 Å². The highest BCUT2D eigenvalue weighted by atomic mass is 35.5. The summed E-state index contributed by atoms with van der Waals surface area (Å²) < 4.78 is 6.33. The zero-order chi connectivity index (χ0) is 13.8. The van der Waals surface area contributed by atoms with Crippen LogP contribution in [0.25, 0.3) is 0 Å². The zero-order valence-electron chi connectivity index (χ0n) is 10.1. The SMILES string of the molecule is O=C(Cn1cnc(Cl)c(Cl)c1=O)NC1CCOCC1. The number of carbonyl (C=O) groups excluding carboxylic acids is 1. The highest BCUT2D eigenvalue weighted by Crippen LogP contribution is 2.12. The van der Waals surface area contributed by atoms with E-state index in [9.17, 15) is 9.59 Å². The molecular weight excluding hydrogens is 293 g/mol. The van der Waals surface area contributed by atoms with Crippen LogP contribution in [0.1, 0.15) is 12.8 Å². The van der Waals surface area contributed by atoms with E-state index in [0.717, 1.165) is 17.4 Å². The predicted octanol–water partition coefficient (Wildman–Crippen LogP) is 0.845.